The second kappa shape index (κ2) is 4.72. The van der Waals surface area contributed by atoms with E-state index >= 15 is 0 Å². The predicted octanol–water partition coefficient (Wildman–Crippen LogP) is 3.40. The lowest BCUT2D eigenvalue weighted by Gasteiger charge is -2.30. The fourth-order valence-electron chi connectivity index (χ4n) is 2.20. The smallest absolute Gasteiger partial charge is 0.0729 e. The maximum atomic E-state index is 10.3. The van der Waals surface area contributed by atoms with Crippen LogP contribution in [0.1, 0.15) is 24.0 Å². The minimum absolute atomic E-state index is 0.107. The van der Waals surface area contributed by atoms with Crippen LogP contribution in [-0.4, -0.2) is 10.7 Å². The zero-order chi connectivity index (χ0) is 12.3. The van der Waals surface area contributed by atoms with Crippen LogP contribution in [0.25, 0.3) is 0 Å². The van der Waals surface area contributed by atoms with Crippen molar-refractivity contribution in [3.63, 3.8) is 0 Å². The molecule has 0 spiro atoms. The molecule has 0 saturated heterocycles. The van der Waals surface area contributed by atoms with Crippen LogP contribution < -0.4 is 0 Å². The summed E-state index contributed by atoms with van der Waals surface area (Å²) < 4.78 is 0. The summed E-state index contributed by atoms with van der Waals surface area (Å²) in [5.41, 5.74) is 1.14. The summed E-state index contributed by atoms with van der Waals surface area (Å²) in [4.78, 5) is 0. The molecule has 0 aliphatic rings. The minimum Gasteiger partial charge on any atom is -0.389 e. The van der Waals surface area contributed by atoms with Gasteiger partial charge in [-0.3, -0.25) is 0 Å². The quantitative estimate of drug-likeness (QED) is 0.848. The molecule has 0 fully saturated rings. The Morgan fingerprint density at radius 2 is 1.24 bits per heavy atom. The molecule has 17 heavy (non-hydrogen) atoms. The summed E-state index contributed by atoms with van der Waals surface area (Å²) in [6, 6.07) is 20.0. The number of hydrogen-bond donors (Lipinski definition) is 1. The Labute approximate surface area is 103 Å². The third kappa shape index (κ3) is 2.75. The molecule has 1 atom stereocenters. The van der Waals surface area contributed by atoms with Crippen molar-refractivity contribution in [2.45, 2.75) is 18.4 Å². The highest BCUT2D eigenvalue weighted by atomic mass is 16.3. The van der Waals surface area contributed by atoms with Crippen molar-refractivity contribution in [1.82, 2.24) is 0 Å². The molecule has 1 heteroatoms. The summed E-state index contributed by atoms with van der Waals surface area (Å²) in [5, 5.41) is 10.3. The van der Waals surface area contributed by atoms with Gasteiger partial charge in [0.15, 0.2) is 0 Å². The topological polar surface area (TPSA) is 20.2 Å². The zero-order valence-electron chi connectivity index (χ0n) is 10.0. The SMILES string of the molecule is [CH2]C(C)(O)C(c1ccccc1)c1ccccc1. The van der Waals surface area contributed by atoms with Gasteiger partial charge >= 0.3 is 0 Å². The summed E-state index contributed by atoms with van der Waals surface area (Å²) >= 11 is 0. The fourth-order valence-corrected chi connectivity index (χ4v) is 2.20. The molecular weight excluding hydrogens is 208 g/mol. The van der Waals surface area contributed by atoms with E-state index in [-0.39, 0.29) is 5.92 Å². The average molecular weight is 225 g/mol. The van der Waals surface area contributed by atoms with Crippen molar-refractivity contribution < 1.29 is 5.11 Å². The molecule has 87 valence electrons. The van der Waals surface area contributed by atoms with Crippen LogP contribution in [0.4, 0.5) is 0 Å². The molecule has 0 aliphatic carbocycles. The molecule has 0 heterocycles. The van der Waals surface area contributed by atoms with E-state index in [4.69, 9.17) is 0 Å². The lowest BCUT2D eigenvalue weighted by atomic mass is 9.79. The Morgan fingerprint density at radius 1 is 0.882 bits per heavy atom. The van der Waals surface area contributed by atoms with Crippen LogP contribution in [0.3, 0.4) is 0 Å². The van der Waals surface area contributed by atoms with Gasteiger partial charge < -0.3 is 5.11 Å². The van der Waals surface area contributed by atoms with E-state index in [1.54, 1.807) is 6.92 Å². The highest BCUT2D eigenvalue weighted by Crippen LogP contribution is 2.34. The molecule has 1 nitrogen and oxygen atoms in total. The van der Waals surface area contributed by atoms with Crippen molar-refractivity contribution >= 4 is 0 Å². The van der Waals surface area contributed by atoms with Crippen molar-refractivity contribution in [3.8, 4) is 0 Å². The molecule has 2 aromatic rings. The van der Waals surface area contributed by atoms with Gasteiger partial charge in [0.05, 0.1) is 5.60 Å². The van der Waals surface area contributed by atoms with Crippen LogP contribution in [0, 0.1) is 6.92 Å². The normalized spacial score (nSPS) is 11.8. The van der Waals surface area contributed by atoms with Gasteiger partial charge in [0.1, 0.15) is 0 Å². The maximum absolute atomic E-state index is 10.3. The van der Waals surface area contributed by atoms with Crippen molar-refractivity contribution in [3.05, 3.63) is 78.7 Å². The Bertz CT molecular complexity index is 414. The molecule has 1 radical (unpaired) electrons. The van der Waals surface area contributed by atoms with Crippen LogP contribution >= 0.6 is 0 Å². The van der Waals surface area contributed by atoms with Crippen molar-refractivity contribution in [2.24, 2.45) is 0 Å². The number of aliphatic hydroxyl groups is 1. The van der Waals surface area contributed by atoms with E-state index < -0.39 is 5.60 Å². The van der Waals surface area contributed by atoms with Gasteiger partial charge in [0.25, 0.3) is 0 Å². The molecule has 0 amide bonds. The highest BCUT2D eigenvalue weighted by Gasteiger charge is 2.29. The summed E-state index contributed by atoms with van der Waals surface area (Å²) in [5.74, 6) is -0.107. The van der Waals surface area contributed by atoms with Gasteiger partial charge in [0.2, 0.25) is 0 Å². The fraction of sp³-hybridized carbons (Fsp3) is 0.188. The summed E-state index contributed by atoms with van der Waals surface area (Å²) in [6.45, 7) is 5.63. The minimum atomic E-state index is -1.03. The summed E-state index contributed by atoms with van der Waals surface area (Å²) in [7, 11) is 0. The number of hydrogen-bond acceptors (Lipinski definition) is 1. The van der Waals surface area contributed by atoms with E-state index in [0.29, 0.717) is 0 Å². The van der Waals surface area contributed by atoms with E-state index in [2.05, 4.69) is 6.92 Å². The van der Waals surface area contributed by atoms with Gasteiger partial charge in [-0.05, 0) is 25.0 Å². The lowest BCUT2D eigenvalue weighted by molar-refractivity contribution is 0.0905. The average Bonchev–Trinajstić information content (AvgIpc) is 2.30. The zero-order valence-corrected chi connectivity index (χ0v) is 10.0. The first-order valence-corrected chi connectivity index (χ1v) is 5.76. The first-order chi connectivity index (χ1) is 8.09. The van der Waals surface area contributed by atoms with Gasteiger partial charge in [0, 0.05) is 5.92 Å². The van der Waals surface area contributed by atoms with Gasteiger partial charge in [-0.1, -0.05) is 60.7 Å². The molecule has 0 aromatic heterocycles. The monoisotopic (exact) mass is 225 g/mol. The van der Waals surface area contributed by atoms with E-state index in [9.17, 15) is 5.11 Å². The Balaban J connectivity index is 2.48. The van der Waals surface area contributed by atoms with Crippen LogP contribution in [-0.2, 0) is 0 Å². The Hall–Kier alpha value is -1.60. The molecule has 0 bridgehead atoms. The van der Waals surface area contributed by atoms with Crippen LogP contribution in [0.15, 0.2) is 60.7 Å². The third-order valence-corrected chi connectivity index (χ3v) is 2.89. The maximum Gasteiger partial charge on any atom is 0.0729 e. The second-order valence-electron chi connectivity index (χ2n) is 4.61. The highest BCUT2D eigenvalue weighted by molar-refractivity contribution is 5.35. The Kier molecular flexibility index (Phi) is 3.30. The Morgan fingerprint density at radius 3 is 1.53 bits per heavy atom. The lowest BCUT2D eigenvalue weighted by Crippen LogP contribution is -2.30. The second-order valence-corrected chi connectivity index (χ2v) is 4.61. The molecule has 2 rings (SSSR count). The van der Waals surface area contributed by atoms with E-state index in [0.717, 1.165) is 11.1 Å². The van der Waals surface area contributed by atoms with Gasteiger partial charge in [-0.2, -0.15) is 0 Å². The molecule has 2 aromatic carbocycles. The first kappa shape index (κ1) is 11.9. The van der Waals surface area contributed by atoms with E-state index in [1.807, 2.05) is 60.7 Å². The largest absolute Gasteiger partial charge is 0.389 e. The molecule has 1 unspecified atom stereocenters. The van der Waals surface area contributed by atoms with Crippen LogP contribution in [0.2, 0.25) is 0 Å². The standard InChI is InChI=1S/C16H17O/c1-16(2,17)15(13-9-5-3-6-10-13)14-11-7-4-8-12-14/h3-12,15,17H,1H2,2H3. The van der Waals surface area contributed by atoms with Crippen LogP contribution in [0.5, 0.6) is 0 Å². The van der Waals surface area contributed by atoms with Gasteiger partial charge in [-0.25, -0.2) is 0 Å². The first-order valence-electron chi connectivity index (χ1n) is 5.76. The van der Waals surface area contributed by atoms with Gasteiger partial charge in [-0.15, -0.1) is 0 Å². The van der Waals surface area contributed by atoms with Crippen molar-refractivity contribution in [2.75, 3.05) is 0 Å². The molecule has 1 N–H and O–H groups in total. The molecular formula is C16H17O. The molecule has 0 saturated carbocycles. The number of rotatable bonds is 3. The molecule has 0 aliphatic heterocycles. The van der Waals surface area contributed by atoms with E-state index in [1.165, 1.54) is 0 Å². The summed E-state index contributed by atoms with van der Waals surface area (Å²) in [6.07, 6.45) is 0. The number of benzene rings is 2. The third-order valence-electron chi connectivity index (χ3n) is 2.89. The predicted molar refractivity (Wildman–Crippen MR) is 70.7 cm³/mol. The van der Waals surface area contributed by atoms with Crippen molar-refractivity contribution in [1.29, 1.82) is 0 Å².